The van der Waals surface area contributed by atoms with Crippen molar-refractivity contribution in [2.75, 3.05) is 0 Å². The minimum Gasteiger partial charge on any atom is -0.384 e. The number of halogens is 2. The number of fused-ring (bicyclic) bond motifs is 1. The molecule has 3 heteroatoms. The van der Waals surface area contributed by atoms with Crippen molar-refractivity contribution in [1.29, 1.82) is 0 Å². The first-order valence-corrected chi connectivity index (χ1v) is 7.07. The van der Waals surface area contributed by atoms with Crippen molar-refractivity contribution < 1.29 is 9.50 Å². The third kappa shape index (κ3) is 2.41. The number of hydrogen-bond donors (Lipinski definition) is 1. The first-order valence-electron chi connectivity index (χ1n) is 6.70. The predicted octanol–water partition coefficient (Wildman–Crippen LogP) is 5.02. The molecule has 106 valence electrons. The molecule has 0 aliphatic heterocycles. The van der Waals surface area contributed by atoms with Gasteiger partial charge in [0.25, 0.3) is 0 Å². The van der Waals surface area contributed by atoms with Gasteiger partial charge in [-0.3, -0.25) is 0 Å². The van der Waals surface area contributed by atoms with Crippen LogP contribution in [0.2, 0.25) is 5.02 Å². The van der Waals surface area contributed by atoms with E-state index in [1.807, 2.05) is 25.1 Å². The molecule has 1 N–H and O–H groups in total. The summed E-state index contributed by atoms with van der Waals surface area (Å²) in [5.74, 6) is -0.288. The van der Waals surface area contributed by atoms with Gasteiger partial charge in [-0.25, -0.2) is 4.39 Å². The lowest BCUT2D eigenvalue weighted by Gasteiger charge is -2.17. The van der Waals surface area contributed by atoms with E-state index in [1.165, 1.54) is 6.07 Å². The van der Waals surface area contributed by atoms with Crippen LogP contribution < -0.4 is 0 Å². The summed E-state index contributed by atoms with van der Waals surface area (Å²) >= 11 is 6.12. The van der Waals surface area contributed by atoms with Gasteiger partial charge in [0.15, 0.2) is 0 Å². The summed E-state index contributed by atoms with van der Waals surface area (Å²) in [5.41, 5.74) is 2.25. The molecule has 0 aliphatic carbocycles. The van der Waals surface area contributed by atoms with Crippen molar-refractivity contribution in [3.63, 3.8) is 0 Å². The molecule has 1 nitrogen and oxygen atoms in total. The minimum atomic E-state index is -0.839. The number of hydrogen-bond acceptors (Lipinski definition) is 1. The SMILES string of the molecule is Cc1c(Cl)cccc1C(O)c1ccc(F)c2ccccc12. The van der Waals surface area contributed by atoms with Crippen molar-refractivity contribution in [1.82, 2.24) is 0 Å². The summed E-state index contributed by atoms with van der Waals surface area (Å²) in [5, 5.41) is 12.5. The van der Waals surface area contributed by atoms with E-state index < -0.39 is 6.10 Å². The Hall–Kier alpha value is -1.90. The largest absolute Gasteiger partial charge is 0.384 e. The second-order valence-corrected chi connectivity index (χ2v) is 5.45. The van der Waals surface area contributed by atoms with Crippen LogP contribution in [0.3, 0.4) is 0 Å². The fraction of sp³-hybridized carbons (Fsp3) is 0.111. The lowest BCUT2D eigenvalue weighted by molar-refractivity contribution is 0.221. The van der Waals surface area contributed by atoms with Crippen molar-refractivity contribution in [2.45, 2.75) is 13.0 Å². The zero-order chi connectivity index (χ0) is 15.0. The van der Waals surface area contributed by atoms with Crippen molar-refractivity contribution in [3.05, 3.63) is 82.1 Å². The van der Waals surface area contributed by atoms with E-state index in [-0.39, 0.29) is 5.82 Å². The topological polar surface area (TPSA) is 20.2 Å². The zero-order valence-electron chi connectivity index (χ0n) is 11.5. The summed E-state index contributed by atoms with van der Waals surface area (Å²) in [6.07, 6.45) is -0.839. The zero-order valence-corrected chi connectivity index (χ0v) is 12.2. The number of aliphatic hydroxyl groups is 1. The van der Waals surface area contributed by atoms with Crippen LogP contribution in [0.5, 0.6) is 0 Å². The lowest BCUT2D eigenvalue weighted by Crippen LogP contribution is -2.03. The van der Waals surface area contributed by atoms with E-state index in [1.54, 1.807) is 30.3 Å². The van der Waals surface area contributed by atoms with E-state index in [9.17, 15) is 9.50 Å². The number of benzene rings is 3. The maximum atomic E-state index is 13.9. The van der Waals surface area contributed by atoms with Crippen molar-refractivity contribution >= 4 is 22.4 Å². The van der Waals surface area contributed by atoms with Gasteiger partial charge in [0.05, 0.1) is 0 Å². The Morgan fingerprint density at radius 3 is 2.38 bits per heavy atom. The van der Waals surface area contributed by atoms with Crippen LogP contribution >= 0.6 is 11.6 Å². The molecule has 0 bridgehead atoms. The molecule has 3 aromatic carbocycles. The van der Waals surface area contributed by atoms with E-state index >= 15 is 0 Å². The van der Waals surface area contributed by atoms with Gasteiger partial charge in [-0.15, -0.1) is 0 Å². The molecular weight excluding hydrogens is 287 g/mol. The Labute approximate surface area is 127 Å². The molecule has 0 aliphatic rings. The van der Waals surface area contributed by atoms with Crippen LogP contribution in [0.25, 0.3) is 10.8 Å². The van der Waals surface area contributed by atoms with Gasteiger partial charge in [-0.1, -0.05) is 54.1 Å². The Morgan fingerprint density at radius 1 is 0.905 bits per heavy atom. The van der Waals surface area contributed by atoms with Crippen molar-refractivity contribution in [2.24, 2.45) is 0 Å². The average Bonchev–Trinajstić information content (AvgIpc) is 2.50. The summed E-state index contributed by atoms with van der Waals surface area (Å²) in [6, 6.07) is 15.6. The van der Waals surface area contributed by atoms with Gasteiger partial charge in [-0.05, 0) is 41.1 Å². The molecule has 3 aromatic rings. The Balaban J connectivity index is 2.21. The third-order valence-electron chi connectivity index (χ3n) is 3.80. The fourth-order valence-corrected chi connectivity index (χ4v) is 2.79. The molecule has 0 aromatic heterocycles. The van der Waals surface area contributed by atoms with E-state index in [2.05, 4.69) is 0 Å². The Kier molecular flexibility index (Phi) is 3.66. The minimum absolute atomic E-state index is 0.288. The van der Waals surface area contributed by atoms with Gasteiger partial charge in [0, 0.05) is 10.4 Å². The summed E-state index contributed by atoms with van der Waals surface area (Å²) < 4.78 is 13.9. The van der Waals surface area contributed by atoms with Crippen LogP contribution in [-0.4, -0.2) is 5.11 Å². The standard InChI is InChI=1S/C18H14ClFO/c1-11-12(7-4-8-16(11)19)18(21)15-9-10-17(20)14-6-3-2-5-13(14)15/h2-10,18,21H,1H3. The smallest absolute Gasteiger partial charge is 0.131 e. The normalized spacial score (nSPS) is 12.6. The molecule has 0 fully saturated rings. The van der Waals surface area contributed by atoms with Crippen LogP contribution in [-0.2, 0) is 0 Å². The Bertz CT molecular complexity index is 813. The maximum absolute atomic E-state index is 13.9. The summed E-state index contributed by atoms with van der Waals surface area (Å²) in [4.78, 5) is 0. The highest BCUT2D eigenvalue weighted by Gasteiger charge is 2.17. The molecule has 21 heavy (non-hydrogen) atoms. The summed E-state index contributed by atoms with van der Waals surface area (Å²) in [7, 11) is 0. The molecule has 1 unspecified atom stereocenters. The average molecular weight is 301 g/mol. The molecule has 3 rings (SSSR count). The molecule has 0 amide bonds. The van der Waals surface area contributed by atoms with Gasteiger partial charge >= 0.3 is 0 Å². The van der Waals surface area contributed by atoms with Crippen LogP contribution in [0.15, 0.2) is 54.6 Å². The Morgan fingerprint density at radius 2 is 1.62 bits per heavy atom. The maximum Gasteiger partial charge on any atom is 0.131 e. The molecular formula is C18H14ClFO. The quantitative estimate of drug-likeness (QED) is 0.704. The number of aliphatic hydroxyl groups excluding tert-OH is 1. The molecule has 1 atom stereocenters. The van der Waals surface area contributed by atoms with Gasteiger partial charge < -0.3 is 5.11 Å². The fourth-order valence-electron chi connectivity index (χ4n) is 2.61. The van der Waals surface area contributed by atoms with Crippen LogP contribution in [0.4, 0.5) is 4.39 Å². The first-order chi connectivity index (χ1) is 10.1. The van der Waals surface area contributed by atoms with E-state index in [0.717, 1.165) is 11.1 Å². The van der Waals surface area contributed by atoms with Gasteiger partial charge in [0.2, 0.25) is 0 Å². The third-order valence-corrected chi connectivity index (χ3v) is 4.21. The lowest BCUT2D eigenvalue weighted by atomic mass is 9.93. The van der Waals surface area contributed by atoms with Gasteiger partial charge in [-0.2, -0.15) is 0 Å². The molecule has 0 spiro atoms. The highest BCUT2D eigenvalue weighted by Crippen LogP contribution is 2.33. The molecule has 0 saturated heterocycles. The van der Waals surface area contributed by atoms with Crippen LogP contribution in [0, 0.1) is 12.7 Å². The van der Waals surface area contributed by atoms with Crippen molar-refractivity contribution in [3.8, 4) is 0 Å². The van der Waals surface area contributed by atoms with E-state index in [0.29, 0.717) is 21.4 Å². The highest BCUT2D eigenvalue weighted by molar-refractivity contribution is 6.31. The highest BCUT2D eigenvalue weighted by atomic mass is 35.5. The molecule has 0 radical (unpaired) electrons. The second kappa shape index (κ2) is 5.47. The van der Waals surface area contributed by atoms with Gasteiger partial charge in [0.1, 0.15) is 11.9 Å². The monoisotopic (exact) mass is 300 g/mol. The van der Waals surface area contributed by atoms with Crippen LogP contribution in [0.1, 0.15) is 22.8 Å². The predicted molar refractivity (Wildman–Crippen MR) is 84.2 cm³/mol. The molecule has 0 saturated carbocycles. The summed E-state index contributed by atoms with van der Waals surface area (Å²) in [6.45, 7) is 1.87. The van der Waals surface area contributed by atoms with E-state index in [4.69, 9.17) is 11.6 Å². The first kappa shape index (κ1) is 14.1. The molecule has 0 heterocycles. The second-order valence-electron chi connectivity index (χ2n) is 5.04. The number of rotatable bonds is 2.